The lowest BCUT2D eigenvalue weighted by atomic mass is 10.0. The molecule has 1 aliphatic carbocycles. The summed E-state index contributed by atoms with van der Waals surface area (Å²) >= 11 is 3.60. The molecule has 1 fully saturated rings. The lowest BCUT2D eigenvalue weighted by molar-refractivity contribution is -0.117. The Balaban J connectivity index is 2.09. The van der Waals surface area contributed by atoms with Crippen molar-refractivity contribution in [1.82, 2.24) is 0 Å². The molecule has 0 bridgehead atoms. The number of anilines is 2. The van der Waals surface area contributed by atoms with Crippen molar-refractivity contribution in [2.24, 2.45) is 10.7 Å². The maximum absolute atomic E-state index is 12.8. The monoisotopic (exact) mass is 462 g/mol. The first-order valence-corrected chi connectivity index (χ1v) is 10.6. The van der Waals surface area contributed by atoms with Gasteiger partial charge in [-0.15, -0.1) is 0 Å². The van der Waals surface area contributed by atoms with Crippen LogP contribution in [0.15, 0.2) is 27.8 Å². The van der Waals surface area contributed by atoms with Crippen LogP contribution >= 0.6 is 15.9 Å². The normalized spacial score (nSPS) is 19.7. The number of fused-ring (bicyclic) bond motifs is 1. The number of carbonyl (C=O) groups excluding carboxylic acids is 2. The summed E-state index contributed by atoms with van der Waals surface area (Å²) in [5.41, 5.74) is 8.69. The van der Waals surface area contributed by atoms with E-state index >= 15 is 0 Å². The van der Waals surface area contributed by atoms with Crippen LogP contribution in [-0.2, 0) is 9.53 Å². The molecule has 1 aromatic rings. The van der Waals surface area contributed by atoms with E-state index in [-0.39, 0.29) is 18.1 Å². The third kappa shape index (κ3) is 4.63. The number of ether oxygens (including phenoxy) is 1. The van der Waals surface area contributed by atoms with Crippen LogP contribution in [0, 0.1) is 0 Å². The van der Waals surface area contributed by atoms with Gasteiger partial charge in [-0.25, -0.2) is 4.79 Å². The predicted octanol–water partition coefficient (Wildman–Crippen LogP) is 4.09. The van der Waals surface area contributed by atoms with E-state index in [0.29, 0.717) is 24.0 Å². The van der Waals surface area contributed by atoms with Gasteiger partial charge in [0.25, 0.3) is 0 Å². The molecule has 1 aromatic carbocycles. The molecule has 3 rings (SSSR count). The minimum Gasteiger partial charge on any atom is -0.446 e. The maximum atomic E-state index is 12.8. The first kappa shape index (κ1) is 21.4. The van der Waals surface area contributed by atoms with Gasteiger partial charge in [-0.3, -0.25) is 14.7 Å². The fraction of sp³-hybridized carbons (Fsp3) is 0.476. The van der Waals surface area contributed by atoms with Crippen LogP contribution < -0.4 is 15.5 Å². The zero-order valence-corrected chi connectivity index (χ0v) is 18.8. The molecule has 0 spiro atoms. The van der Waals surface area contributed by atoms with Gasteiger partial charge in [0.1, 0.15) is 0 Å². The number of nitrogens with two attached hydrogens (primary N) is 1. The van der Waals surface area contributed by atoms with E-state index in [1.54, 1.807) is 16.0 Å². The number of hydrogen-bond acceptors (Lipinski definition) is 5. The van der Waals surface area contributed by atoms with E-state index < -0.39 is 6.09 Å². The number of rotatable bonds is 4. The van der Waals surface area contributed by atoms with Crippen LogP contribution in [0.1, 0.15) is 46.1 Å². The van der Waals surface area contributed by atoms with Gasteiger partial charge in [0, 0.05) is 41.5 Å². The van der Waals surface area contributed by atoms with E-state index in [9.17, 15) is 9.59 Å². The summed E-state index contributed by atoms with van der Waals surface area (Å²) < 4.78 is 6.21. The number of amides is 2. The number of carbonyl (C=O) groups is 2. The van der Waals surface area contributed by atoms with Gasteiger partial charge in [-0.1, -0.05) is 15.9 Å². The molecule has 2 aliphatic rings. The standard InChI is InChI=1S/C21H27BrN4O3/c1-12(2)29-21(28)25-11-13(3)26(14(4)27)20-8-18(22)17(7-19(20)25)15(9-23)10-24-16-5-6-16/h7-10,12-13,16H,5-6,11,23H2,1-4H3/b15-9+,24-10?/t13-/m0/s1. The molecule has 8 heteroatoms. The van der Waals surface area contributed by atoms with E-state index in [1.165, 1.54) is 13.1 Å². The van der Waals surface area contributed by atoms with Crippen LogP contribution in [0.3, 0.4) is 0 Å². The van der Waals surface area contributed by atoms with E-state index in [0.717, 1.165) is 28.5 Å². The fourth-order valence-electron chi connectivity index (χ4n) is 3.39. The van der Waals surface area contributed by atoms with Crippen molar-refractivity contribution in [1.29, 1.82) is 0 Å². The van der Waals surface area contributed by atoms with Crippen LogP contribution in [0.5, 0.6) is 0 Å². The van der Waals surface area contributed by atoms with Crippen LogP contribution in [0.2, 0.25) is 0 Å². The Morgan fingerprint density at radius 1 is 1.31 bits per heavy atom. The molecule has 0 saturated heterocycles. The number of nitrogens with zero attached hydrogens (tertiary/aromatic N) is 3. The molecule has 2 N–H and O–H groups in total. The van der Waals surface area contributed by atoms with Crippen LogP contribution in [-0.4, -0.2) is 42.9 Å². The molecule has 0 aromatic heterocycles. The van der Waals surface area contributed by atoms with Crippen LogP contribution in [0.25, 0.3) is 5.57 Å². The minimum atomic E-state index is -0.436. The molecule has 0 radical (unpaired) electrons. The van der Waals surface area contributed by atoms with Gasteiger partial charge in [-0.2, -0.15) is 0 Å². The average molecular weight is 463 g/mol. The van der Waals surface area contributed by atoms with E-state index in [2.05, 4.69) is 20.9 Å². The average Bonchev–Trinajstić information content (AvgIpc) is 3.45. The third-order valence-electron chi connectivity index (χ3n) is 4.86. The van der Waals surface area contributed by atoms with Gasteiger partial charge >= 0.3 is 6.09 Å². The van der Waals surface area contributed by atoms with Crippen molar-refractivity contribution >= 4 is 51.1 Å². The number of allylic oxidation sites excluding steroid dienone is 1. The summed E-state index contributed by atoms with van der Waals surface area (Å²) in [6, 6.07) is 3.90. The lowest BCUT2D eigenvalue weighted by Gasteiger charge is -2.40. The molecule has 29 heavy (non-hydrogen) atoms. The van der Waals surface area contributed by atoms with Gasteiger partial charge < -0.3 is 15.4 Å². The number of hydrogen-bond donors (Lipinski definition) is 1. The lowest BCUT2D eigenvalue weighted by Crippen LogP contribution is -2.51. The van der Waals surface area contributed by atoms with Crippen molar-refractivity contribution in [2.45, 2.75) is 58.7 Å². The van der Waals surface area contributed by atoms with Gasteiger partial charge in [0.2, 0.25) is 5.91 Å². The van der Waals surface area contributed by atoms with Crippen molar-refractivity contribution in [3.63, 3.8) is 0 Å². The Hall–Kier alpha value is -2.35. The zero-order valence-electron chi connectivity index (χ0n) is 17.2. The molecule has 1 heterocycles. The SMILES string of the molecule is CC(=O)N1c2cc(Br)c(/C(C=NC3CC3)=C/N)cc2N(C(=O)OC(C)C)C[C@@H]1C. The highest BCUT2D eigenvalue weighted by molar-refractivity contribution is 9.10. The highest BCUT2D eigenvalue weighted by Gasteiger charge is 2.35. The van der Waals surface area contributed by atoms with Gasteiger partial charge in [-0.05, 0) is 45.7 Å². The summed E-state index contributed by atoms with van der Waals surface area (Å²) in [7, 11) is 0. The topological polar surface area (TPSA) is 88.2 Å². The van der Waals surface area contributed by atoms with Crippen LogP contribution in [0.4, 0.5) is 16.2 Å². The molecule has 1 aliphatic heterocycles. The van der Waals surface area contributed by atoms with Crippen molar-refractivity contribution in [3.8, 4) is 0 Å². The third-order valence-corrected chi connectivity index (χ3v) is 5.52. The largest absolute Gasteiger partial charge is 0.446 e. The quantitative estimate of drug-likeness (QED) is 0.682. The molecule has 2 amide bonds. The first-order chi connectivity index (χ1) is 13.7. The van der Waals surface area contributed by atoms with Gasteiger partial charge in [0.15, 0.2) is 0 Å². The summed E-state index contributed by atoms with van der Waals surface area (Å²) in [4.78, 5) is 32.9. The molecular weight excluding hydrogens is 436 g/mol. The summed E-state index contributed by atoms with van der Waals surface area (Å²) in [5, 5.41) is 0. The Morgan fingerprint density at radius 2 is 2.00 bits per heavy atom. The number of aliphatic imine (C=N–C) groups is 1. The maximum Gasteiger partial charge on any atom is 0.414 e. The molecule has 1 atom stereocenters. The Bertz CT molecular complexity index is 877. The summed E-state index contributed by atoms with van der Waals surface area (Å²) in [6.07, 6.45) is 4.79. The second-order valence-corrected chi connectivity index (χ2v) is 8.59. The highest BCUT2D eigenvalue weighted by Crippen LogP contribution is 2.41. The van der Waals surface area contributed by atoms with Crippen molar-refractivity contribution in [2.75, 3.05) is 16.3 Å². The zero-order chi connectivity index (χ0) is 21.3. The Labute approximate surface area is 179 Å². The fourth-order valence-corrected chi connectivity index (χ4v) is 3.95. The van der Waals surface area contributed by atoms with Crippen molar-refractivity contribution in [3.05, 3.63) is 28.4 Å². The molecular formula is C21H27BrN4O3. The van der Waals surface area contributed by atoms with Crippen molar-refractivity contribution < 1.29 is 14.3 Å². The van der Waals surface area contributed by atoms with E-state index in [1.807, 2.05) is 32.9 Å². The summed E-state index contributed by atoms with van der Waals surface area (Å²) in [5.74, 6) is -0.0832. The second kappa shape index (κ2) is 8.57. The molecule has 156 valence electrons. The summed E-state index contributed by atoms with van der Waals surface area (Å²) in [6.45, 7) is 7.40. The second-order valence-electron chi connectivity index (χ2n) is 7.73. The smallest absolute Gasteiger partial charge is 0.414 e. The molecule has 7 nitrogen and oxygen atoms in total. The predicted molar refractivity (Wildman–Crippen MR) is 119 cm³/mol. The molecule has 1 saturated carbocycles. The first-order valence-electron chi connectivity index (χ1n) is 9.79. The van der Waals surface area contributed by atoms with E-state index in [4.69, 9.17) is 10.5 Å². The molecule has 0 unspecified atom stereocenters. The van der Waals surface area contributed by atoms with Gasteiger partial charge in [0.05, 0.1) is 29.6 Å². The Morgan fingerprint density at radius 3 is 2.55 bits per heavy atom. The number of benzene rings is 1. The Kier molecular flexibility index (Phi) is 6.31. The minimum absolute atomic E-state index is 0.0832. The number of halogens is 1. The highest BCUT2D eigenvalue weighted by atomic mass is 79.9.